The van der Waals surface area contributed by atoms with Crippen molar-refractivity contribution in [1.82, 2.24) is 0 Å². The van der Waals surface area contributed by atoms with Crippen molar-refractivity contribution >= 4 is 17.9 Å². The van der Waals surface area contributed by atoms with Crippen molar-refractivity contribution in [3.8, 4) is 0 Å². The first kappa shape index (κ1) is 9.27. The van der Waals surface area contributed by atoms with Gasteiger partial charge in [0.1, 0.15) is 6.29 Å². The monoisotopic (exact) mass is 182 g/mol. The lowest BCUT2D eigenvalue weighted by Gasteiger charge is -1.98. The van der Waals surface area contributed by atoms with Crippen molar-refractivity contribution in [3.05, 3.63) is 35.4 Å². The SMILES string of the molecule is O=Cc1cccc(CCCCl)c1. The average Bonchev–Trinajstić information content (AvgIpc) is 2.15. The average molecular weight is 183 g/mol. The Morgan fingerprint density at radius 1 is 1.42 bits per heavy atom. The van der Waals surface area contributed by atoms with Crippen LogP contribution in [0.15, 0.2) is 24.3 Å². The van der Waals surface area contributed by atoms with Crippen LogP contribution in [0.4, 0.5) is 0 Å². The number of alkyl halides is 1. The van der Waals surface area contributed by atoms with Crippen LogP contribution in [0.5, 0.6) is 0 Å². The van der Waals surface area contributed by atoms with Crippen LogP contribution < -0.4 is 0 Å². The van der Waals surface area contributed by atoms with Crippen LogP contribution in [0.25, 0.3) is 0 Å². The normalized spacial score (nSPS) is 9.75. The molecular formula is C10H11ClO. The predicted molar refractivity (Wildman–Crippen MR) is 50.9 cm³/mol. The molecule has 0 amide bonds. The zero-order valence-electron chi connectivity index (χ0n) is 6.79. The Bertz CT molecular complexity index is 258. The van der Waals surface area contributed by atoms with Crippen LogP contribution in [-0.2, 0) is 6.42 Å². The molecule has 0 unspecified atom stereocenters. The minimum absolute atomic E-state index is 0.672. The van der Waals surface area contributed by atoms with E-state index in [1.54, 1.807) is 6.07 Å². The molecule has 0 aliphatic rings. The molecule has 1 aromatic rings. The number of carbonyl (C=O) groups is 1. The predicted octanol–water partition coefficient (Wildman–Crippen LogP) is 2.67. The molecule has 1 nitrogen and oxygen atoms in total. The molecule has 0 atom stereocenters. The highest BCUT2D eigenvalue weighted by atomic mass is 35.5. The number of carbonyl (C=O) groups excluding carboxylic acids is 1. The van der Waals surface area contributed by atoms with Crippen molar-refractivity contribution in [2.45, 2.75) is 12.8 Å². The lowest BCUT2D eigenvalue weighted by Crippen LogP contribution is -1.88. The summed E-state index contributed by atoms with van der Waals surface area (Å²) in [5.74, 6) is 0.672. The third kappa shape index (κ3) is 2.67. The van der Waals surface area contributed by atoms with E-state index >= 15 is 0 Å². The summed E-state index contributed by atoms with van der Waals surface area (Å²) < 4.78 is 0. The summed E-state index contributed by atoms with van der Waals surface area (Å²) in [4.78, 5) is 10.4. The molecule has 1 aromatic carbocycles. The Labute approximate surface area is 77.4 Å². The zero-order chi connectivity index (χ0) is 8.81. The van der Waals surface area contributed by atoms with Gasteiger partial charge in [-0.25, -0.2) is 0 Å². The van der Waals surface area contributed by atoms with E-state index in [-0.39, 0.29) is 0 Å². The van der Waals surface area contributed by atoms with Crippen LogP contribution >= 0.6 is 11.6 Å². The summed E-state index contributed by atoms with van der Waals surface area (Å²) in [6.07, 6.45) is 2.78. The van der Waals surface area contributed by atoms with Gasteiger partial charge >= 0.3 is 0 Å². The second-order valence-electron chi connectivity index (χ2n) is 2.66. The van der Waals surface area contributed by atoms with Gasteiger partial charge in [0.15, 0.2) is 0 Å². The number of aldehydes is 1. The maximum absolute atomic E-state index is 10.4. The quantitative estimate of drug-likeness (QED) is 0.517. The van der Waals surface area contributed by atoms with E-state index in [1.165, 1.54) is 5.56 Å². The fraction of sp³-hybridized carbons (Fsp3) is 0.300. The summed E-state index contributed by atoms with van der Waals surface area (Å²) >= 11 is 5.56. The van der Waals surface area contributed by atoms with Gasteiger partial charge in [-0.15, -0.1) is 11.6 Å². The molecule has 64 valence electrons. The molecule has 0 fully saturated rings. The minimum atomic E-state index is 0.672. The number of rotatable bonds is 4. The molecule has 1 rings (SSSR count). The summed E-state index contributed by atoms with van der Waals surface area (Å²) in [5.41, 5.74) is 1.92. The smallest absolute Gasteiger partial charge is 0.150 e. The third-order valence-corrected chi connectivity index (χ3v) is 1.95. The highest BCUT2D eigenvalue weighted by Crippen LogP contribution is 2.06. The molecule has 0 radical (unpaired) electrons. The first-order valence-corrected chi connectivity index (χ1v) is 4.50. The van der Waals surface area contributed by atoms with Crippen LogP contribution in [0, 0.1) is 0 Å². The summed E-state index contributed by atoms with van der Waals surface area (Å²) in [6.45, 7) is 0. The van der Waals surface area contributed by atoms with Crippen LogP contribution in [-0.4, -0.2) is 12.2 Å². The van der Waals surface area contributed by atoms with Gasteiger partial charge in [-0.2, -0.15) is 0 Å². The number of halogens is 1. The number of benzene rings is 1. The third-order valence-electron chi connectivity index (χ3n) is 1.69. The molecule has 0 heterocycles. The van der Waals surface area contributed by atoms with Crippen molar-refractivity contribution in [2.75, 3.05) is 5.88 Å². The van der Waals surface area contributed by atoms with Crippen LogP contribution in [0.2, 0.25) is 0 Å². The van der Waals surface area contributed by atoms with Crippen molar-refractivity contribution in [3.63, 3.8) is 0 Å². The molecule has 0 N–H and O–H groups in total. The topological polar surface area (TPSA) is 17.1 Å². The Hall–Kier alpha value is -0.820. The summed E-state index contributed by atoms with van der Waals surface area (Å²) in [6, 6.07) is 7.61. The summed E-state index contributed by atoms with van der Waals surface area (Å²) in [7, 11) is 0. The molecule has 2 heteroatoms. The van der Waals surface area contributed by atoms with E-state index < -0.39 is 0 Å². The van der Waals surface area contributed by atoms with Gasteiger partial charge in [0.25, 0.3) is 0 Å². The largest absolute Gasteiger partial charge is 0.298 e. The molecule has 0 aromatic heterocycles. The molecular weight excluding hydrogens is 172 g/mol. The Morgan fingerprint density at radius 2 is 2.25 bits per heavy atom. The van der Waals surface area contributed by atoms with Gasteiger partial charge in [-0.3, -0.25) is 4.79 Å². The molecule has 0 saturated heterocycles. The van der Waals surface area contributed by atoms with Crippen molar-refractivity contribution in [1.29, 1.82) is 0 Å². The van der Waals surface area contributed by atoms with Gasteiger partial charge in [-0.1, -0.05) is 18.2 Å². The Balaban J connectivity index is 2.66. The fourth-order valence-corrected chi connectivity index (χ4v) is 1.23. The highest BCUT2D eigenvalue weighted by Gasteiger charge is 1.93. The van der Waals surface area contributed by atoms with Crippen LogP contribution in [0.3, 0.4) is 0 Å². The Kier molecular flexibility index (Phi) is 3.81. The van der Waals surface area contributed by atoms with Crippen LogP contribution in [0.1, 0.15) is 22.3 Å². The van der Waals surface area contributed by atoms with Gasteiger partial charge in [0, 0.05) is 11.4 Å². The minimum Gasteiger partial charge on any atom is -0.298 e. The molecule has 0 spiro atoms. The van der Waals surface area contributed by atoms with Gasteiger partial charge in [0.2, 0.25) is 0 Å². The van der Waals surface area contributed by atoms with E-state index in [9.17, 15) is 4.79 Å². The molecule has 0 bridgehead atoms. The number of hydrogen-bond donors (Lipinski definition) is 0. The van der Waals surface area contributed by atoms with E-state index in [4.69, 9.17) is 11.6 Å². The number of aryl methyl sites for hydroxylation is 1. The molecule has 12 heavy (non-hydrogen) atoms. The van der Waals surface area contributed by atoms with Gasteiger partial charge in [-0.05, 0) is 24.5 Å². The first-order chi connectivity index (χ1) is 5.86. The second-order valence-corrected chi connectivity index (χ2v) is 3.03. The maximum Gasteiger partial charge on any atom is 0.150 e. The van der Waals surface area contributed by atoms with E-state index in [2.05, 4.69) is 0 Å². The number of hydrogen-bond acceptors (Lipinski definition) is 1. The molecule has 0 aliphatic carbocycles. The second kappa shape index (κ2) is 4.94. The zero-order valence-corrected chi connectivity index (χ0v) is 7.55. The molecule has 0 saturated carbocycles. The summed E-state index contributed by atoms with van der Waals surface area (Å²) in [5, 5.41) is 0. The standard InChI is InChI=1S/C10H11ClO/c11-6-2-5-9-3-1-4-10(7-9)8-12/h1,3-4,7-8H,2,5-6H2. The fourth-order valence-electron chi connectivity index (χ4n) is 1.09. The first-order valence-electron chi connectivity index (χ1n) is 3.97. The van der Waals surface area contributed by atoms with Gasteiger partial charge in [0.05, 0.1) is 0 Å². The Morgan fingerprint density at radius 3 is 2.92 bits per heavy atom. The highest BCUT2D eigenvalue weighted by molar-refractivity contribution is 6.17. The van der Waals surface area contributed by atoms with Crippen molar-refractivity contribution < 1.29 is 4.79 Å². The maximum atomic E-state index is 10.4. The molecule has 0 aliphatic heterocycles. The van der Waals surface area contributed by atoms with E-state index in [0.29, 0.717) is 5.88 Å². The lowest BCUT2D eigenvalue weighted by molar-refractivity contribution is 0.112. The van der Waals surface area contributed by atoms with Crippen molar-refractivity contribution in [2.24, 2.45) is 0 Å². The van der Waals surface area contributed by atoms with E-state index in [1.807, 2.05) is 18.2 Å². The van der Waals surface area contributed by atoms with E-state index in [0.717, 1.165) is 24.7 Å². The van der Waals surface area contributed by atoms with Gasteiger partial charge < -0.3 is 0 Å². The lowest BCUT2D eigenvalue weighted by atomic mass is 10.1.